The largest absolute Gasteiger partial charge is 0.459 e. The molecule has 0 bridgehead atoms. The van der Waals surface area contributed by atoms with Crippen LogP contribution >= 0.6 is 0 Å². The molecule has 2 aromatic carbocycles. The Hall–Kier alpha value is -3.08. The minimum Gasteiger partial charge on any atom is -0.459 e. The molecular weight excluding hydrogens is 364 g/mol. The predicted molar refractivity (Wildman–Crippen MR) is 114 cm³/mol. The Labute approximate surface area is 171 Å². The number of amides is 2. The predicted octanol–water partition coefficient (Wildman–Crippen LogP) is 4.82. The Balaban J connectivity index is 1.81. The molecule has 152 valence electrons. The molecule has 3 rings (SSSR count). The molecule has 0 saturated heterocycles. The first-order chi connectivity index (χ1) is 13.9. The van der Waals surface area contributed by atoms with Gasteiger partial charge in [0.2, 0.25) is 11.8 Å². The summed E-state index contributed by atoms with van der Waals surface area (Å²) in [7, 11) is 0. The average molecular weight is 392 g/mol. The van der Waals surface area contributed by atoms with Crippen LogP contribution in [-0.4, -0.2) is 11.8 Å². The molecule has 1 aromatic heterocycles. The minimum absolute atomic E-state index is 0.142. The van der Waals surface area contributed by atoms with E-state index < -0.39 is 6.04 Å². The number of hydrogen-bond acceptors (Lipinski definition) is 3. The summed E-state index contributed by atoms with van der Waals surface area (Å²) in [4.78, 5) is 25.5. The highest BCUT2D eigenvalue weighted by molar-refractivity contribution is 5.89. The molecule has 0 aliphatic heterocycles. The summed E-state index contributed by atoms with van der Waals surface area (Å²) in [5.41, 5.74) is 2.55. The van der Waals surface area contributed by atoms with Crippen LogP contribution in [0.4, 0.5) is 0 Å². The maximum absolute atomic E-state index is 13.1. The Morgan fingerprint density at radius 3 is 2.24 bits per heavy atom. The van der Waals surface area contributed by atoms with Crippen molar-refractivity contribution in [2.24, 2.45) is 5.92 Å². The highest BCUT2D eigenvalue weighted by Crippen LogP contribution is 2.29. The van der Waals surface area contributed by atoms with Crippen LogP contribution in [0.3, 0.4) is 0 Å². The van der Waals surface area contributed by atoms with E-state index in [2.05, 4.69) is 10.6 Å². The highest BCUT2D eigenvalue weighted by atomic mass is 16.3. The van der Waals surface area contributed by atoms with Gasteiger partial charge in [-0.05, 0) is 31.4 Å². The molecule has 0 radical (unpaired) electrons. The van der Waals surface area contributed by atoms with E-state index in [9.17, 15) is 9.59 Å². The van der Waals surface area contributed by atoms with Gasteiger partial charge < -0.3 is 15.1 Å². The van der Waals surface area contributed by atoms with Crippen LogP contribution in [0.1, 0.15) is 56.2 Å². The third-order valence-electron chi connectivity index (χ3n) is 4.93. The van der Waals surface area contributed by atoms with Gasteiger partial charge in [0, 0.05) is 17.4 Å². The summed E-state index contributed by atoms with van der Waals surface area (Å²) < 4.78 is 5.98. The first kappa shape index (κ1) is 20.6. The molecule has 5 nitrogen and oxygen atoms in total. The quantitative estimate of drug-likeness (QED) is 0.605. The standard InChI is InChI=1S/C24H28N2O3/c1-15(2)14-21(27)26-22(18-10-6-5-7-11-18)24(28)25-17(4)23-16(3)19-12-8-9-13-20(19)29-23/h5-13,15,17,22H,14H2,1-4H3,(H,25,28)(H,26,27). The van der Waals surface area contributed by atoms with Crippen molar-refractivity contribution in [3.63, 3.8) is 0 Å². The van der Waals surface area contributed by atoms with E-state index in [-0.39, 0.29) is 23.8 Å². The number of carbonyl (C=O) groups excluding carboxylic acids is 2. The molecule has 2 N–H and O–H groups in total. The molecule has 0 aliphatic rings. The van der Waals surface area contributed by atoms with E-state index in [4.69, 9.17) is 4.42 Å². The Kier molecular flexibility index (Phi) is 6.37. The Morgan fingerprint density at radius 2 is 1.59 bits per heavy atom. The number of aryl methyl sites for hydroxylation is 1. The van der Waals surface area contributed by atoms with Crippen molar-refractivity contribution in [3.05, 3.63) is 71.5 Å². The number of furan rings is 1. The molecule has 0 aliphatic carbocycles. The molecule has 3 aromatic rings. The van der Waals surface area contributed by atoms with Crippen LogP contribution in [-0.2, 0) is 9.59 Å². The second-order valence-corrected chi connectivity index (χ2v) is 7.83. The summed E-state index contributed by atoms with van der Waals surface area (Å²) in [6, 6.07) is 16.0. The topological polar surface area (TPSA) is 71.3 Å². The van der Waals surface area contributed by atoms with E-state index in [1.165, 1.54) is 0 Å². The second-order valence-electron chi connectivity index (χ2n) is 7.83. The summed E-state index contributed by atoms with van der Waals surface area (Å²) >= 11 is 0. The van der Waals surface area contributed by atoms with Gasteiger partial charge in [0.1, 0.15) is 17.4 Å². The van der Waals surface area contributed by atoms with Gasteiger partial charge in [-0.3, -0.25) is 9.59 Å². The van der Waals surface area contributed by atoms with Crippen molar-refractivity contribution < 1.29 is 14.0 Å². The second kappa shape index (κ2) is 8.95. The van der Waals surface area contributed by atoms with Crippen molar-refractivity contribution in [2.75, 3.05) is 0 Å². The van der Waals surface area contributed by atoms with E-state index in [1.54, 1.807) is 0 Å². The molecule has 0 spiro atoms. The van der Waals surface area contributed by atoms with Crippen LogP contribution in [0.25, 0.3) is 11.0 Å². The number of rotatable bonds is 7. The molecular formula is C24H28N2O3. The third kappa shape index (κ3) is 4.86. The molecule has 2 amide bonds. The van der Waals surface area contributed by atoms with Crippen LogP contribution in [0.15, 0.2) is 59.0 Å². The van der Waals surface area contributed by atoms with Gasteiger partial charge in [-0.25, -0.2) is 0 Å². The van der Waals surface area contributed by atoms with E-state index in [0.717, 1.165) is 27.9 Å². The number of benzene rings is 2. The summed E-state index contributed by atoms with van der Waals surface area (Å²) in [6.45, 7) is 7.83. The Morgan fingerprint density at radius 1 is 0.931 bits per heavy atom. The highest BCUT2D eigenvalue weighted by Gasteiger charge is 2.26. The lowest BCUT2D eigenvalue weighted by Gasteiger charge is -2.22. The molecule has 0 fully saturated rings. The van der Waals surface area contributed by atoms with Gasteiger partial charge >= 0.3 is 0 Å². The van der Waals surface area contributed by atoms with Crippen LogP contribution < -0.4 is 10.6 Å². The molecule has 2 unspecified atom stereocenters. The fourth-order valence-corrected chi connectivity index (χ4v) is 3.51. The molecule has 29 heavy (non-hydrogen) atoms. The van der Waals surface area contributed by atoms with Crippen LogP contribution in [0.5, 0.6) is 0 Å². The van der Waals surface area contributed by atoms with Gasteiger partial charge in [0.25, 0.3) is 0 Å². The number of hydrogen-bond donors (Lipinski definition) is 2. The normalized spacial score (nSPS) is 13.3. The maximum Gasteiger partial charge on any atom is 0.247 e. The number of para-hydroxylation sites is 1. The molecule has 1 heterocycles. The van der Waals surface area contributed by atoms with E-state index >= 15 is 0 Å². The van der Waals surface area contributed by atoms with E-state index in [0.29, 0.717) is 6.42 Å². The molecule has 2 atom stereocenters. The first-order valence-corrected chi connectivity index (χ1v) is 9.99. The molecule has 0 saturated carbocycles. The van der Waals surface area contributed by atoms with Crippen molar-refractivity contribution in [1.29, 1.82) is 0 Å². The first-order valence-electron chi connectivity index (χ1n) is 9.99. The van der Waals surface area contributed by atoms with Gasteiger partial charge in [-0.15, -0.1) is 0 Å². The van der Waals surface area contributed by atoms with Crippen molar-refractivity contribution in [1.82, 2.24) is 10.6 Å². The van der Waals surface area contributed by atoms with Crippen LogP contribution in [0.2, 0.25) is 0 Å². The van der Waals surface area contributed by atoms with Gasteiger partial charge in [0.15, 0.2) is 0 Å². The average Bonchev–Trinajstić information content (AvgIpc) is 3.03. The lowest BCUT2D eigenvalue weighted by atomic mass is 10.0. The van der Waals surface area contributed by atoms with E-state index in [1.807, 2.05) is 82.3 Å². The maximum atomic E-state index is 13.1. The zero-order chi connectivity index (χ0) is 21.0. The summed E-state index contributed by atoms with van der Waals surface area (Å²) in [5, 5.41) is 6.92. The van der Waals surface area contributed by atoms with Crippen molar-refractivity contribution in [2.45, 2.75) is 46.2 Å². The summed E-state index contributed by atoms with van der Waals surface area (Å²) in [5.74, 6) is 0.531. The fourth-order valence-electron chi connectivity index (χ4n) is 3.51. The zero-order valence-corrected chi connectivity index (χ0v) is 17.4. The number of fused-ring (bicyclic) bond motifs is 1. The lowest BCUT2D eigenvalue weighted by Crippen LogP contribution is -2.41. The van der Waals surface area contributed by atoms with Gasteiger partial charge in [-0.1, -0.05) is 62.4 Å². The zero-order valence-electron chi connectivity index (χ0n) is 17.4. The fraction of sp³-hybridized carbons (Fsp3) is 0.333. The van der Waals surface area contributed by atoms with Gasteiger partial charge in [-0.2, -0.15) is 0 Å². The number of nitrogens with one attached hydrogen (secondary N) is 2. The number of carbonyl (C=O) groups is 2. The Bertz CT molecular complexity index is 992. The molecule has 5 heteroatoms. The summed E-state index contributed by atoms with van der Waals surface area (Å²) in [6.07, 6.45) is 0.370. The minimum atomic E-state index is -0.755. The monoisotopic (exact) mass is 392 g/mol. The SMILES string of the molecule is Cc1c(C(C)NC(=O)C(NC(=O)CC(C)C)c2ccccc2)oc2ccccc12. The lowest BCUT2D eigenvalue weighted by molar-refractivity contribution is -0.130. The van der Waals surface area contributed by atoms with Crippen molar-refractivity contribution >= 4 is 22.8 Å². The smallest absolute Gasteiger partial charge is 0.247 e. The van der Waals surface area contributed by atoms with Gasteiger partial charge in [0.05, 0.1) is 6.04 Å². The third-order valence-corrected chi connectivity index (χ3v) is 4.93. The van der Waals surface area contributed by atoms with Crippen molar-refractivity contribution in [3.8, 4) is 0 Å². The van der Waals surface area contributed by atoms with Crippen LogP contribution in [0, 0.1) is 12.8 Å².